The van der Waals surface area contributed by atoms with Gasteiger partial charge < -0.3 is 10.4 Å². The summed E-state index contributed by atoms with van der Waals surface area (Å²) >= 11 is 0. The van der Waals surface area contributed by atoms with E-state index < -0.39 is 11.0 Å². The van der Waals surface area contributed by atoms with Crippen LogP contribution in [-0.4, -0.2) is 22.5 Å². The number of nitro benzene ring substituents is 1. The summed E-state index contributed by atoms with van der Waals surface area (Å²) in [6.07, 6.45) is -0.757. The standard InChI is InChI=1S/C17H18N2O4/c1-12-5-2-3-8-15(12)16(20)11-18-17(21)10-13-6-4-7-14(9-13)19(22)23/h2-9,16,20H,10-11H2,1H3,(H,18,21)/t16-/m0/s1. The van der Waals surface area contributed by atoms with E-state index in [-0.39, 0.29) is 24.6 Å². The Morgan fingerprint density at radius 1 is 1.26 bits per heavy atom. The van der Waals surface area contributed by atoms with Crippen LogP contribution in [0.15, 0.2) is 48.5 Å². The third-order valence-electron chi connectivity index (χ3n) is 3.53. The summed E-state index contributed by atoms with van der Waals surface area (Å²) in [7, 11) is 0. The van der Waals surface area contributed by atoms with Crippen molar-refractivity contribution in [1.82, 2.24) is 5.32 Å². The van der Waals surface area contributed by atoms with Gasteiger partial charge in [0.05, 0.1) is 17.4 Å². The number of nitro groups is 1. The fourth-order valence-corrected chi connectivity index (χ4v) is 2.31. The summed E-state index contributed by atoms with van der Waals surface area (Å²) in [5.41, 5.74) is 2.23. The third-order valence-corrected chi connectivity index (χ3v) is 3.53. The monoisotopic (exact) mass is 314 g/mol. The molecule has 0 aliphatic heterocycles. The molecule has 0 fully saturated rings. The SMILES string of the molecule is Cc1ccccc1[C@@H](O)CNC(=O)Cc1cccc([N+](=O)[O-])c1. The largest absolute Gasteiger partial charge is 0.387 e. The van der Waals surface area contributed by atoms with E-state index in [1.54, 1.807) is 12.1 Å². The molecule has 0 saturated heterocycles. The molecule has 0 aliphatic carbocycles. The number of hydrogen-bond donors (Lipinski definition) is 2. The van der Waals surface area contributed by atoms with Crippen LogP contribution in [0.3, 0.4) is 0 Å². The maximum Gasteiger partial charge on any atom is 0.269 e. The predicted molar refractivity (Wildman–Crippen MR) is 85.9 cm³/mol. The molecule has 0 unspecified atom stereocenters. The molecule has 120 valence electrons. The van der Waals surface area contributed by atoms with Gasteiger partial charge in [0, 0.05) is 18.7 Å². The lowest BCUT2D eigenvalue weighted by Crippen LogP contribution is -2.29. The molecule has 23 heavy (non-hydrogen) atoms. The Hall–Kier alpha value is -2.73. The molecule has 2 aromatic rings. The molecule has 0 aliphatic rings. The second-order valence-electron chi connectivity index (χ2n) is 5.28. The van der Waals surface area contributed by atoms with E-state index in [1.807, 2.05) is 31.2 Å². The molecule has 0 bridgehead atoms. The zero-order valence-electron chi connectivity index (χ0n) is 12.7. The van der Waals surface area contributed by atoms with Crippen LogP contribution in [0.5, 0.6) is 0 Å². The van der Waals surface area contributed by atoms with Gasteiger partial charge in [-0.1, -0.05) is 36.4 Å². The summed E-state index contributed by atoms with van der Waals surface area (Å²) < 4.78 is 0. The number of aliphatic hydroxyl groups is 1. The molecule has 0 radical (unpaired) electrons. The minimum absolute atomic E-state index is 0.0299. The van der Waals surface area contributed by atoms with E-state index in [9.17, 15) is 20.0 Å². The van der Waals surface area contributed by atoms with Gasteiger partial charge in [0.25, 0.3) is 5.69 Å². The average Bonchev–Trinajstić information content (AvgIpc) is 2.53. The molecular weight excluding hydrogens is 296 g/mol. The van der Waals surface area contributed by atoms with Crippen molar-refractivity contribution in [3.63, 3.8) is 0 Å². The van der Waals surface area contributed by atoms with Crippen molar-refractivity contribution in [3.05, 3.63) is 75.3 Å². The third kappa shape index (κ3) is 4.62. The number of amides is 1. The van der Waals surface area contributed by atoms with Crippen LogP contribution in [0.2, 0.25) is 0 Å². The van der Waals surface area contributed by atoms with Crippen molar-refractivity contribution in [1.29, 1.82) is 0 Å². The number of carbonyl (C=O) groups excluding carboxylic acids is 1. The van der Waals surface area contributed by atoms with Crippen LogP contribution in [0.4, 0.5) is 5.69 Å². The second kappa shape index (κ2) is 7.51. The molecule has 0 heterocycles. The fourth-order valence-electron chi connectivity index (χ4n) is 2.31. The van der Waals surface area contributed by atoms with Crippen molar-refractivity contribution < 1.29 is 14.8 Å². The van der Waals surface area contributed by atoms with Crippen LogP contribution in [0, 0.1) is 17.0 Å². The Bertz CT molecular complexity index is 715. The maximum absolute atomic E-state index is 11.9. The van der Waals surface area contributed by atoms with E-state index >= 15 is 0 Å². The van der Waals surface area contributed by atoms with Crippen LogP contribution in [0.25, 0.3) is 0 Å². The van der Waals surface area contributed by atoms with Crippen LogP contribution in [0.1, 0.15) is 22.8 Å². The van der Waals surface area contributed by atoms with Gasteiger partial charge in [-0.05, 0) is 23.6 Å². The lowest BCUT2D eigenvalue weighted by Gasteiger charge is -2.14. The van der Waals surface area contributed by atoms with Crippen molar-refractivity contribution in [2.75, 3.05) is 6.54 Å². The van der Waals surface area contributed by atoms with Gasteiger partial charge in [-0.25, -0.2) is 0 Å². The van der Waals surface area contributed by atoms with Crippen LogP contribution >= 0.6 is 0 Å². The number of non-ortho nitro benzene ring substituents is 1. The topological polar surface area (TPSA) is 92.5 Å². The van der Waals surface area contributed by atoms with Gasteiger partial charge in [0.15, 0.2) is 0 Å². The van der Waals surface area contributed by atoms with Gasteiger partial charge in [-0.2, -0.15) is 0 Å². The van der Waals surface area contributed by atoms with Gasteiger partial charge in [-0.3, -0.25) is 14.9 Å². The Morgan fingerprint density at radius 2 is 2.00 bits per heavy atom. The first-order valence-corrected chi connectivity index (χ1v) is 7.21. The molecule has 6 heteroatoms. The zero-order valence-corrected chi connectivity index (χ0v) is 12.7. The second-order valence-corrected chi connectivity index (χ2v) is 5.28. The van der Waals surface area contributed by atoms with E-state index in [0.717, 1.165) is 11.1 Å². The zero-order chi connectivity index (χ0) is 16.8. The Labute approximate surface area is 133 Å². The van der Waals surface area contributed by atoms with Gasteiger partial charge in [-0.15, -0.1) is 0 Å². The van der Waals surface area contributed by atoms with Crippen LogP contribution < -0.4 is 5.32 Å². The normalized spacial score (nSPS) is 11.7. The number of nitrogens with one attached hydrogen (secondary N) is 1. The molecule has 2 N–H and O–H groups in total. The molecule has 1 atom stereocenters. The first-order valence-electron chi connectivity index (χ1n) is 7.21. The summed E-state index contributed by atoms with van der Waals surface area (Å²) in [5, 5.41) is 23.5. The number of benzene rings is 2. The van der Waals surface area contributed by atoms with E-state index in [0.29, 0.717) is 5.56 Å². The number of aryl methyl sites for hydroxylation is 1. The minimum atomic E-state index is -0.787. The van der Waals surface area contributed by atoms with Crippen LogP contribution in [-0.2, 0) is 11.2 Å². The number of nitrogens with zero attached hydrogens (tertiary/aromatic N) is 1. The maximum atomic E-state index is 11.9. The number of aliphatic hydroxyl groups excluding tert-OH is 1. The molecule has 1 amide bonds. The fraction of sp³-hybridized carbons (Fsp3) is 0.235. The van der Waals surface area contributed by atoms with Crippen molar-refractivity contribution in [3.8, 4) is 0 Å². The predicted octanol–water partition coefficient (Wildman–Crippen LogP) is 2.30. The molecule has 0 aromatic heterocycles. The van der Waals surface area contributed by atoms with Crippen molar-refractivity contribution >= 4 is 11.6 Å². The Morgan fingerprint density at radius 3 is 2.70 bits per heavy atom. The molecule has 0 spiro atoms. The highest BCUT2D eigenvalue weighted by atomic mass is 16.6. The quantitative estimate of drug-likeness (QED) is 0.632. The van der Waals surface area contributed by atoms with E-state index in [4.69, 9.17) is 0 Å². The molecule has 2 rings (SSSR count). The number of hydrogen-bond acceptors (Lipinski definition) is 4. The Balaban J connectivity index is 1.91. The van der Waals surface area contributed by atoms with Crippen molar-refractivity contribution in [2.24, 2.45) is 0 Å². The number of carbonyl (C=O) groups is 1. The first kappa shape index (κ1) is 16.6. The van der Waals surface area contributed by atoms with Gasteiger partial charge >= 0.3 is 0 Å². The Kier molecular flexibility index (Phi) is 5.43. The summed E-state index contributed by atoms with van der Waals surface area (Å²) in [4.78, 5) is 22.1. The summed E-state index contributed by atoms with van der Waals surface area (Å²) in [6, 6.07) is 13.4. The van der Waals surface area contributed by atoms with E-state index in [2.05, 4.69) is 5.32 Å². The molecular formula is C17H18N2O4. The highest BCUT2D eigenvalue weighted by Gasteiger charge is 2.13. The molecule has 6 nitrogen and oxygen atoms in total. The average molecular weight is 314 g/mol. The number of rotatable bonds is 6. The summed E-state index contributed by atoms with van der Waals surface area (Å²) in [5.74, 6) is -0.293. The molecule has 0 saturated carbocycles. The smallest absolute Gasteiger partial charge is 0.269 e. The minimum Gasteiger partial charge on any atom is -0.387 e. The lowest BCUT2D eigenvalue weighted by molar-refractivity contribution is -0.384. The van der Waals surface area contributed by atoms with E-state index in [1.165, 1.54) is 12.1 Å². The van der Waals surface area contributed by atoms with Gasteiger partial charge in [0.1, 0.15) is 0 Å². The van der Waals surface area contributed by atoms with Gasteiger partial charge in [0.2, 0.25) is 5.91 Å². The van der Waals surface area contributed by atoms with Crippen molar-refractivity contribution in [2.45, 2.75) is 19.4 Å². The highest BCUT2D eigenvalue weighted by Crippen LogP contribution is 2.16. The lowest BCUT2D eigenvalue weighted by atomic mass is 10.0. The molecule has 2 aromatic carbocycles. The summed E-state index contributed by atoms with van der Waals surface area (Å²) in [6.45, 7) is 1.99. The highest BCUT2D eigenvalue weighted by molar-refractivity contribution is 5.78. The first-order chi connectivity index (χ1) is 11.0.